The number of carbonyl (C=O) groups excluding carboxylic acids is 1. The van der Waals surface area contributed by atoms with Gasteiger partial charge in [0.25, 0.3) is 0 Å². The Balaban J connectivity index is 1.44. The lowest BCUT2D eigenvalue weighted by Crippen LogP contribution is -2.47. The molecule has 1 heterocycles. The summed E-state index contributed by atoms with van der Waals surface area (Å²) in [6.45, 7) is 2.30. The Morgan fingerprint density at radius 1 is 1.33 bits per heavy atom. The monoisotopic (exact) mass is 246 g/mol. The van der Waals surface area contributed by atoms with Gasteiger partial charge in [0.2, 0.25) is 0 Å². The highest BCUT2D eigenvalue weighted by Gasteiger charge is 2.45. The Hall–Kier alpha value is -1.55. The van der Waals surface area contributed by atoms with Crippen LogP contribution in [0.5, 0.6) is 0 Å². The molecular weight excluding hydrogens is 228 g/mol. The van der Waals surface area contributed by atoms with Gasteiger partial charge in [0.15, 0.2) is 0 Å². The first kappa shape index (κ1) is 11.5. The van der Waals surface area contributed by atoms with Gasteiger partial charge in [-0.25, -0.2) is 4.79 Å². The maximum Gasteiger partial charge on any atom is 0.407 e. The van der Waals surface area contributed by atoms with Gasteiger partial charge in [0.05, 0.1) is 0 Å². The molecule has 3 atom stereocenters. The normalized spacial score (nSPS) is 29.2. The van der Waals surface area contributed by atoms with Gasteiger partial charge in [0, 0.05) is 12.6 Å². The van der Waals surface area contributed by atoms with Crippen LogP contribution in [0.2, 0.25) is 0 Å². The second-order valence-corrected chi connectivity index (χ2v) is 5.13. The molecule has 1 aliphatic heterocycles. The van der Waals surface area contributed by atoms with Crippen LogP contribution < -0.4 is 10.6 Å². The average molecular weight is 246 g/mol. The summed E-state index contributed by atoms with van der Waals surface area (Å²) in [6.07, 6.45) is 0.926. The van der Waals surface area contributed by atoms with E-state index >= 15 is 0 Å². The maximum atomic E-state index is 11.7. The minimum absolute atomic E-state index is 0.243. The van der Waals surface area contributed by atoms with Crippen molar-refractivity contribution in [1.29, 1.82) is 0 Å². The smallest absolute Gasteiger partial charge is 0.407 e. The Bertz CT molecular complexity index is 421. The van der Waals surface area contributed by atoms with Gasteiger partial charge in [0.1, 0.15) is 6.61 Å². The zero-order chi connectivity index (χ0) is 12.4. The molecule has 2 fully saturated rings. The van der Waals surface area contributed by atoms with Crippen LogP contribution in [-0.4, -0.2) is 25.2 Å². The minimum atomic E-state index is -0.307. The van der Waals surface area contributed by atoms with Crippen molar-refractivity contribution in [3.8, 4) is 0 Å². The van der Waals surface area contributed by atoms with Crippen LogP contribution in [0.1, 0.15) is 12.0 Å². The van der Waals surface area contributed by atoms with E-state index in [2.05, 4.69) is 10.6 Å². The molecule has 0 unspecified atom stereocenters. The number of piperidine rings is 1. The molecular formula is C14H18N2O2. The summed E-state index contributed by atoms with van der Waals surface area (Å²) in [5.41, 5.74) is 1.01. The predicted octanol–water partition coefficient (Wildman–Crippen LogP) is 1.52. The lowest BCUT2D eigenvalue weighted by atomic mass is 10.1. The molecule has 3 rings (SSSR count). The van der Waals surface area contributed by atoms with Gasteiger partial charge in [-0.1, -0.05) is 30.3 Å². The third-order valence-corrected chi connectivity index (χ3v) is 3.78. The number of ether oxygens (including phenoxy) is 1. The van der Waals surface area contributed by atoms with E-state index in [1.807, 2.05) is 30.3 Å². The third-order valence-electron chi connectivity index (χ3n) is 3.78. The summed E-state index contributed by atoms with van der Waals surface area (Å²) in [4.78, 5) is 11.7. The molecule has 4 nitrogen and oxygen atoms in total. The van der Waals surface area contributed by atoms with Gasteiger partial charge >= 0.3 is 6.09 Å². The van der Waals surface area contributed by atoms with Crippen molar-refractivity contribution in [2.24, 2.45) is 11.8 Å². The molecule has 1 saturated heterocycles. The van der Waals surface area contributed by atoms with E-state index in [4.69, 9.17) is 4.74 Å². The van der Waals surface area contributed by atoms with Crippen LogP contribution in [0.3, 0.4) is 0 Å². The van der Waals surface area contributed by atoms with Gasteiger partial charge in [-0.05, 0) is 30.4 Å². The van der Waals surface area contributed by atoms with E-state index in [0.717, 1.165) is 24.6 Å². The molecule has 1 saturated carbocycles. The lowest BCUT2D eigenvalue weighted by Gasteiger charge is -2.23. The van der Waals surface area contributed by atoms with Gasteiger partial charge in [-0.3, -0.25) is 0 Å². The quantitative estimate of drug-likeness (QED) is 0.850. The minimum Gasteiger partial charge on any atom is -0.445 e. The molecule has 18 heavy (non-hydrogen) atoms. The Labute approximate surface area is 107 Å². The van der Waals surface area contributed by atoms with Crippen molar-refractivity contribution in [2.75, 3.05) is 13.1 Å². The van der Waals surface area contributed by atoms with Gasteiger partial charge in [-0.2, -0.15) is 0 Å². The van der Waals surface area contributed by atoms with E-state index < -0.39 is 0 Å². The molecule has 0 bridgehead atoms. The van der Waals surface area contributed by atoms with Gasteiger partial charge in [-0.15, -0.1) is 0 Å². The SMILES string of the molecule is O=C(N[C@H]1CNC[C@H]2C[C@H]21)OCc1ccccc1. The zero-order valence-corrected chi connectivity index (χ0v) is 10.3. The number of benzene rings is 1. The number of alkyl carbamates (subject to hydrolysis) is 1. The van der Waals surface area contributed by atoms with Crippen molar-refractivity contribution in [2.45, 2.75) is 19.1 Å². The number of rotatable bonds is 3. The highest BCUT2D eigenvalue weighted by molar-refractivity contribution is 5.67. The topological polar surface area (TPSA) is 50.4 Å². The molecule has 4 heteroatoms. The number of hydrogen-bond donors (Lipinski definition) is 2. The summed E-state index contributed by atoms with van der Waals surface area (Å²) in [6, 6.07) is 9.97. The molecule has 1 aromatic carbocycles. The molecule has 1 amide bonds. The van der Waals surface area contributed by atoms with E-state index in [-0.39, 0.29) is 12.1 Å². The standard InChI is InChI=1S/C14H18N2O2/c17-14(18-9-10-4-2-1-3-5-10)16-13-8-15-7-11-6-12(11)13/h1-5,11-13,15H,6-9H2,(H,16,17)/t11-,12-,13+/m1/s1. The predicted molar refractivity (Wildman–Crippen MR) is 68.0 cm³/mol. The molecule has 0 radical (unpaired) electrons. The number of fused-ring (bicyclic) bond motifs is 1. The van der Waals surface area contributed by atoms with Crippen molar-refractivity contribution in [3.05, 3.63) is 35.9 Å². The number of hydrogen-bond acceptors (Lipinski definition) is 3. The summed E-state index contributed by atoms with van der Waals surface area (Å²) in [7, 11) is 0. The van der Waals surface area contributed by atoms with Crippen LogP contribution in [0.25, 0.3) is 0 Å². The number of nitrogens with one attached hydrogen (secondary N) is 2. The van der Waals surface area contributed by atoms with Crippen LogP contribution in [0, 0.1) is 11.8 Å². The molecule has 1 aromatic rings. The van der Waals surface area contributed by atoms with Crippen LogP contribution in [-0.2, 0) is 11.3 Å². The fraction of sp³-hybridized carbons (Fsp3) is 0.500. The first-order valence-corrected chi connectivity index (χ1v) is 6.51. The second kappa shape index (κ2) is 4.98. The molecule has 0 spiro atoms. The fourth-order valence-corrected chi connectivity index (χ4v) is 2.65. The molecule has 96 valence electrons. The summed E-state index contributed by atoms with van der Waals surface area (Å²) >= 11 is 0. The van der Waals surface area contributed by atoms with Crippen LogP contribution >= 0.6 is 0 Å². The molecule has 0 aromatic heterocycles. The fourth-order valence-electron chi connectivity index (χ4n) is 2.65. The Morgan fingerprint density at radius 2 is 2.17 bits per heavy atom. The average Bonchev–Trinajstić information content (AvgIpc) is 3.18. The largest absolute Gasteiger partial charge is 0.445 e. The van der Waals surface area contributed by atoms with E-state index in [9.17, 15) is 4.79 Å². The van der Waals surface area contributed by atoms with E-state index in [0.29, 0.717) is 12.5 Å². The lowest BCUT2D eigenvalue weighted by molar-refractivity contribution is 0.133. The summed E-state index contributed by atoms with van der Waals surface area (Å²) < 4.78 is 5.22. The third kappa shape index (κ3) is 2.64. The van der Waals surface area contributed by atoms with Crippen molar-refractivity contribution in [1.82, 2.24) is 10.6 Å². The molecule has 1 aliphatic carbocycles. The first-order chi connectivity index (χ1) is 8.83. The van der Waals surface area contributed by atoms with E-state index in [1.165, 1.54) is 6.42 Å². The highest BCUT2D eigenvalue weighted by Crippen LogP contribution is 2.42. The van der Waals surface area contributed by atoms with Gasteiger partial charge < -0.3 is 15.4 Å². The first-order valence-electron chi connectivity index (χ1n) is 6.51. The molecule has 2 aliphatic rings. The maximum absolute atomic E-state index is 11.7. The van der Waals surface area contributed by atoms with Crippen molar-refractivity contribution in [3.63, 3.8) is 0 Å². The number of carbonyl (C=O) groups is 1. The van der Waals surface area contributed by atoms with Crippen molar-refractivity contribution < 1.29 is 9.53 Å². The van der Waals surface area contributed by atoms with Crippen LogP contribution in [0.4, 0.5) is 4.79 Å². The van der Waals surface area contributed by atoms with E-state index in [1.54, 1.807) is 0 Å². The molecule has 2 N–H and O–H groups in total. The summed E-state index contributed by atoms with van der Waals surface area (Å²) in [5, 5.41) is 6.29. The summed E-state index contributed by atoms with van der Waals surface area (Å²) in [5.74, 6) is 1.42. The van der Waals surface area contributed by atoms with Crippen LogP contribution in [0.15, 0.2) is 30.3 Å². The highest BCUT2D eigenvalue weighted by atomic mass is 16.5. The number of amides is 1. The Morgan fingerprint density at radius 3 is 3.00 bits per heavy atom. The zero-order valence-electron chi connectivity index (χ0n) is 10.3. The Kier molecular flexibility index (Phi) is 3.19. The second-order valence-electron chi connectivity index (χ2n) is 5.13. The van der Waals surface area contributed by atoms with Crippen molar-refractivity contribution >= 4 is 6.09 Å².